The Bertz CT molecular complexity index is 357. The summed E-state index contributed by atoms with van der Waals surface area (Å²) in [4.78, 5) is 10.7. The molecule has 0 fully saturated rings. The smallest absolute Gasteiger partial charge is 0.186 e. The number of allylic oxidation sites excluding steroid dienone is 6. The first kappa shape index (κ1) is 18.2. The lowest BCUT2D eigenvalue weighted by atomic mass is 10.1. The van der Waals surface area contributed by atoms with Crippen LogP contribution in [-0.2, 0) is 4.79 Å². The third-order valence-electron chi connectivity index (χ3n) is 2.97. The minimum absolute atomic E-state index is 0.0286. The van der Waals surface area contributed by atoms with E-state index in [1.54, 1.807) is 0 Å². The van der Waals surface area contributed by atoms with Crippen LogP contribution in [0.1, 0.15) is 66.2 Å². The number of thiol groups is 1. The highest BCUT2D eigenvalue weighted by Crippen LogP contribution is 2.12. The summed E-state index contributed by atoms with van der Waals surface area (Å²) in [5.74, 6) is 0. The Morgan fingerprint density at radius 2 is 1.21 bits per heavy atom. The molecule has 0 bridgehead atoms. The molecule has 0 aromatic rings. The monoisotopic (exact) mass is 280 g/mol. The molecule has 0 radical (unpaired) electrons. The highest BCUT2D eigenvalue weighted by molar-refractivity contribution is 7.96. The van der Waals surface area contributed by atoms with Crippen LogP contribution in [0.4, 0.5) is 0 Å². The SMILES string of the molecule is CC(C)=CCC/C(C)=C\CC/C(C)=C/CCC(=O)S. The summed E-state index contributed by atoms with van der Waals surface area (Å²) >= 11 is 3.76. The minimum Gasteiger partial charge on any atom is -0.287 e. The van der Waals surface area contributed by atoms with Crippen LogP contribution < -0.4 is 0 Å². The number of carbonyl (C=O) groups is 1. The Morgan fingerprint density at radius 1 is 0.789 bits per heavy atom. The van der Waals surface area contributed by atoms with Gasteiger partial charge in [0.15, 0.2) is 5.12 Å². The first-order valence-corrected chi connectivity index (χ1v) is 7.53. The van der Waals surface area contributed by atoms with Crippen LogP contribution in [0.2, 0.25) is 0 Å². The summed E-state index contributed by atoms with van der Waals surface area (Å²) in [6.45, 7) is 8.62. The van der Waals surface area contributed by atoms with Crippen LogP contribution in [0.5, 0.6) is 0 Å². The second kappa shape index (κ2) is 11.1. The van der Waals surface area contributed by atoms with Crippen molar-refractivity contribution in [3.8, 4) is 0 Å². The van der Waals surface area contributed by atoms with Crippen LogP contribution in [0.15, 0.2) is 34.9 Å². The van der Waals surface area contributed by atoms with Gasteiger partial charge in [-0.25, -0.2) is 0 Å². The number of carbonyl (C=O) groups excluding carboxylic acids is 1. The maximum Gasteiger partial charge on any atom is 0.186 e. The summed E-state index contributed by atoms with van der Waals surface area (Å²) < 4.78 is 0. The first-order valence-electron chi connectivity index (χ1n) is 7.08. The predicted octanol–water partition coefficient (Wildman–Crippen LogP) is 5.64. The fraction of sp³-hybridized carbons (Fsp3) is 0.588. The topological polar surface area (TPSA) is 17.1 Å². The van der Waals surface area contributed by atoms with E-state index in [0.29, 0.717) is 6.42 Å². The van der Waals surface area contributed by atoms with Crippen molar-refractivity contribution in [3.05, 3.63) is 34.9 Å². The average Bonchev–Trinajstić information content (AvgIpc) is 2.27. The molecule has 0 aromatic carbocycles. The summed E-state index contributed by atoms with van der Waals surface area (Å²) in [7, 11) is 0. The molecule has 2 heteroatoms. The van der Waals surface area contributed by atoms with E-state index >= 15 is 0 Å². The molecular formula is C17H28OS. The molecule has 0 saturated carbocycles. The van der Waals surface area contributed by atoms with Crippen LogP contribution in [0.25, 0.3) is 0 Å². The summed E-state index contributed by atoms with van der Waals surface area (Å²) in [5.41, 5.74) is 4.23. The van der Waals surface area contributed by atoms with E-state index < -0.39 is 0 Å². The zero-order chi connectivity index (χ0) is 14.7. The Labute approximate surface area is 124 Å². The lowest BCUT2D eigenvalue weighted by Gasteiger charge is -2.01. The van der Waals surface area contributed by atoms with Crippen molar-refractivity contribution in [1.82, 2.24) is 0 Å². The van der Waals surface area contributed by atoms with Crippen molar-refractivity contribution >= 4 is 17.7 Å². The first-order chi connectivity index (χ1) is 8.91. The van der Waals surface area contributed by atoms with E-state index in [1.165, 1.54) is 16.7 Å². The Kier molecular flexibility index (Phi) is 10.7. The van der Waals surface area contributed by atoms with Gasteiger partial charge >= 0.3 is 0 Å². The Balaban J connectivity index is 3.86. The fourth-order valence-corrected chi connectivity index (χ4v) is 1.91. The molecular weight excluding hydrogens is 252 g/mol. The predicted molar refractivity (Wildman–Crippen MR) is 88.6 cm³/mol. The molecule has 0 aliphatic carbocycles. The van der Waals surface area contributed by atoms with E-state index in [4.69, 9.17) is 0 Å². The molecule has 0 heterocycles. The fourth-order valence-electron chi connectivity index (χ4n) is 1.78. The number of hydrogen-bond acceptors (Lipinski definition) is 1. The van der Waals surface area contributed by atoms with Crippen LogP contribution in [0.3, 0.4) is 0 Å². The molecule has 0 atom stereocenters. The molecule has 19 heavy (non-hydrogen) atoms. The van der Waals surface area contributed by atoms with Crippen molar-refractivity contribution in [1.29, 1.82) is 0 Å². The maximum absolute atomic E-state index is 10.7. The maximum atomic E-state index is 10.7. The van der Waals surface area contributed by atoms with Crippen molar-refractivity contribution < 1.29 is 4.79 Å². The molecule has 0 unspecified atom stereocenters. The third-order valence-corrected chi connectivity index (χ3v) is 3.20. The standard InChI is InChI=1S/C17H28OS/c1-14(2)8-5-9-15(3)10-6-11-16(4)12-7-13-17(18)19/h8,10,12H,5-7,9,11,13H2,1-4H3,(H,18,19)/b15-10-,16-12+. The molecule has 0 rings (SSSR count). The molecule has 0 aliphatic rings. The molecule has 0 aromatic heterocycles. The van der Waals surface area contributed by atoms with Gasteiger partial charge in [-0.15, -0.1) is 12.6 Å². The zero-order valence-corrected chi connectivity index (χ0v) is 13.7. The molecule has 0 amide bonds. The van der Waals surface area contributed by atoms with Gasteiger partial charge in [0.05, 0.1) is 0 Å². The lowest BCUT2D eigenvalue weighted by Crippen LogP contribution is -1.85. The molecule has 0 aliphatic heterocycles. The highest BCUT2D eigenvalue weighted by Gasteiger charge is 1.94. The van der Waals surface area contributed by atoms with Gasteiger partial charge in [0.25, 0.3) is 0 Å². The van der Waals surface area contributed by atoms with Crippen molar-refractivity contribution in [2.75, 3.05) is 0 Å². The van der Waals surface area contributed by atoms with Gasteiger partial charge in [-0.05, 0) is 59.8 Å². The largest absolute Gasteiger partial charge is 0.287 e. The van der Waals surface area contributed by atoms with E-state index in [9.17, 15) is 4.79 Å². The van der Waals surface area contributed by atoms with Gasteiger partial charge in [-0.1, -0.05) is 34.9 Å². The van der Waals surface area contributed by atoms with Gasteiger partial charge in [-0.3, -0.25) is 4.79 Å². The van der Waals surface area contributed by atoms with Crippen molar-refractivity contribution in [2.45, 2.75) is 66.2 Å². The summed E-state index contributed by atoms with van der Waals surface area (Å²) in [6.07, 6.45) is 12.6. The van der Waals surface area contributed by atoms with Gasteiger partial charge in [0.1, 0.15) is 0 Å². The normalized spacial score (nSPS) is 12.5. The molecule has 108 valence electrons. The number of rotatable bonds is 9. The van der Waals surface area contributed by atoms with E-state index in [-0.39, 0.29) is 5.12 Å². The minimum atomic E-state index is -0.0286. The van der Waals surface area contributed by atoms with Gasteiger partial charge < -0.3 is 0 Å². The molecule has 1 nitrogen and oxygen atoms in total. The second-order valence-electron chi connectivity index (χ2n) is 5.39. The Hall–Kier alpha value is -0.760. The van der Waals surface area contributed by atoms with E-state index in [1.807, 2.05) is 0 Å². The third kappa shape index (κ3) is 13.5. The van der Waals surface area contributed by atoms with Gasteiger partial charge in [0.2, 0.25) is 0 Å². The molecule has 0 N–H and O–H groups in total. The highest BCUT2D eigenvalue weighted by atomic mass is 32.1. The van der Waals surface area contributed by atoms with Crippen molar-refractivity contribution in [3.63, 3.8) is 0 Å². The van der Waals surface area contributed by atoms with Gasteiger partial charge in [0, 0.05) is 6.42 Å². The van der Waals surface area contributed by atoms with Crippen LogP contribution in [-0.4, -0.2) is 5.12 Å². The lowest BCUT2D eigenvalue weighted by molar-refractivity contribution is -0.110. The van der Waals surface area contributed by atoms with E-state index in [0.717, 1.165) is 32.1 Å². The van der Waals surface area contributed by atoms with Crippen LogP contribution in [0, 0.1) is 0 Å². The van der Waals surface area contributed by atoms with E-state index in [2.05, 4.69) is 58.6 Å². The summed E-state index contributed by atoms with van der Waals surface area (Å²) in [5, 5.41) is -0.0286. The molecule has 0 saturated heterocycles. The second-order valence-corrected chi connectivity index (χ2v) is 5.89. The quantitative estimate of drug-likeness (QED) is 0.427. The Morgan fingerprint density at radius 3 is 1.63 bits per heavy atom. The van der Waals surface area contributed by atoms with Crippen LogP contribution >= 0.6 is 12.6 Å². The van der Waals surface area contributed by atoms with Crippen molar-refractivity contribution in [2.24, 2.45) is 0 Å². The average molecular weight is 280 g/mol. The summed E-state index contributed by atoms with van der Waals surface area (Å²) in [6, 6.07) is 0. The van der Waals surface area contributed by atoms with Gasteiger partial charge in [-0.2, -0.15) is 0 Å². The number of hydrogen-bond donors (Lipinski definition) is 1. The molecule has 0 spiro atoms. The zero-order valence-electron chi connectivity index (χ0n) is 12.8.